The molecule has 1 aromatic carbocycles. The van der Waals surface area contributed by atoms with E-state index in [1.165, 1.54) is 12.1 Å². The summed E-state index contributed by atoms with van der Waals surface area (Å²) in [5.41, 5.74) is 1.73. The van der Waals surface area contributed by atoms with E-state index in [4.69, 9.17) is 0 Å². The zero-order valence-electron chi connectivity index (χ0n) is 18.9. The molecule has 1 saturated heterocycles. The fourth-order valence-corrected chi connectivity index (χ4v) is 4.34. The molecule has 1 unspecified atom stereocenters. The Bertz CT molecular complexity index is 1210. The lowest BCUT2D eigenvalue weighted by Gasteiger charge is -2.39. The van der Waals surface area contributed by atoms with Crippen LogP contribution in [0.15, 0.2) is 55.1 Å². The second-order valence-corrected chi connectivity index (χ2v) is 8.63. The third kappa shape index (κ3) is 5.61. The van der Waals surface area contributed by atoms with Crippen molar-refractivity contribution >= 4 is 17.3 Å². The summed E-state index contributed by atoms with van der Waals surface area (Å²) in [6.45, 7) is 0.873. The van der Waals surface area contributed by atoms with E-state index in [9.17, 15) is 27.2 Å². The molecule has 0 bridgehead atoms. The number of benzene rings is 1. The third-order valence-corrected chi connectivity index (χ3v) is 6.27. The summed E-state index contributed by atoms with van der Waals surface area (Å²) in [6.07, 6.45) is 0.898. The van der Waals surface area contributed by atoms with Gasteiger partial charge in [0.2, 0.25) is 5.91 Å². The van der Waals surface area contributed by atoms with E-state index in [0.29, 0.717) is 29.6 Å². The average molecular weight is 491 g/mol. The normalized spacial score (nSPS) is 19.5. The number of likely N-dealkylation sites (tertiary alicyclic amines) is 1. The number of alkyl halides is 3. The highest BCUT2D eigenvalue weighted by Crippen LogP contribution is 2.30. The zero-order valence-corrected chi connectivity index (χ0v) is 18.9. The van der Waals surface area contributed by atoms with Crippen molar-refractivity contribution < 1.29 is 27.2 Å². The van der Waals surface area contributed by atoms with Gasteiger partial charge in [0.15, 0.2) is 0 Å². The standard InChI is InChI=1S/C24H25F4N5O2/c1-15(24(26,27)28)30-12-22(34)31-20-13-32(9-7-18(20)16-4-2-5-17(25)10-16)23(35)19-6-3-8-33-14-29-11-21(19)33/h2-6,8,10-11,14-15,18,20,30H,7,9,12-13H2,1H3,(H,31,34)/t15?,18-,20+/m0/s1. The highest BCUT2D eigenvalue weighted by Gasteiger charge is 2.37. The van der Waals surface area contributed by atoms with Gasteiger partial charge in [0.1, 0.15) is 11.9 Å². The highest BCUT2D eigenvalue weighted by molar-refractivity contribution is 6.00. The maximum absolute atomic E-state index is 13.9. The fraction of sp³-hybridized carbons (Fsp3) is 0.375. The smallest absolute Gasteiger partial charge is 0.350 e. The van der Waals surface area contributed by atoms with Gasteiger partial charge >= 0.3 is 6.18 Å². The molecule has 35 heavy (non-hydrogen) atoms. The van der Waals surface area contributed by atoms with Gasteiger partial charge in [0.05, 0.1) is 36.2 Å². The van der Waals surface area contributed by atoms with Crippen molar-refractivity contribution in [2.75, 3.05) is 19.6 Å². The lowest BCUT2D eigenvalue weighted by molar-refractivity contribution is -0.152. The molecule has 2 amide bonds. The molecule has 1 fully saturated rings. The van der Waals surface area contributed by atoms with Crippen LogP contribution in [0.2, 0.25) is 0 Å². The average Bonchev–Trinajstić information content (AvgIpc) is 3.30. The van der Waals surface area contributed by atoms with E-state index in [1.807, 2.05) is 0 Å². The van der Waals surface area contributed by atoms with Crippen molar-refractivity contribution in [1.82, 2.24) is 24.9 Å². The number of fused-ring (bicyclic) bond motifs is 1. The summed E-state index contributed by atoms with van der Waals surface area (Å²) in [5.74, 6) is -1.64. The Morgan fingerprint density at radius 2 is 2.03 bits per heavy atom. The van der Waals surface area contributed by atoms with Gasteiger partial charge in [-0.05, 0) is 43.2 Å². The van der Waals surface area contributed by atoms with E-state index >= 15 is 0 Å². The Kier molecular flexibility index (Phi) is 7.06. The Morgan fingerprint density at radius 1 is 1.23 bits per heavy atom. The van der Waals surface area contributed by atoms with Crippen LogP contribution in [-0.4, -0.2) is 64.0 Å². The molecule has 186 valence electrons. The second kappa shape index (κ2) is 10.0. The Morgan fingerprint density at radius 3 is 2.77 bits per heavy atom. The first-order valence-corrected chi connectivity index (χ1v) is 11.2. The Balaban J connectivity index is 1.53. The lowest BCUT2D eigenvalue weighted by Crippen LogP contribution is -2.55. The summed E-state index contributed by atoms with van der Waals surface area (Å²) in [4.78, 5) is 31.5. The third-order valence-electron chi connectivity index (χ3n) is 6.27. The number of rotatable bonds is 6. The van der Waals surface area contributed by atoms with E-state index in [-0.39, 0.29) is 18.4 Å². The number of imidazole rings is 1. The van der Waals surface area contributed by atoms with Crippen molar-refractivity contribution in [3.63, 3.8) is 0 Å². The molecule has 0 radical (unpaired) electrons. The Labute approximate surface area is 199 Å². The monoisotopic (exact) mass is 491 g/mol. The van der Waals surface area contributed by atoms with Gasteiger partial charge < -0.3 is 14.6 Å². The molecule has 3 heterocycles. The maximum atomic E-state index is 13.9. The number of piperidine rings is 1. The number of amides is 2. The topological polar surface area (TPSA) is 78.7 Å². The first-order chi connectivity index (χ1) is 16.6. The maximum Gasteiger partial charge on any atom is 0.403 e. The van der Waals surface area contributed by atoms with Gasteiger partial charge in [-0.1, -0.05) is 12.1 Å². The zero-order chi connectivity index (χ0) is 25.2. The van der Waals surface area contributed by atoms with Crippen LogP contribution in [0, 0.1) is 5.82 Å². The number of hydrogen-bond donors (Lipinski definition) is 2. The van der Waals surface area contributed by atoms with Crippen molar-refractivity contribution in [2.45, 2.75) is 37.5 Å². The number of nitrogens with one attached hydrogen (secondary N) is 2. The number of pyridine rings is 1. The van der Waals surface area contributed by atoms with E-state index in [1.54, 1.807) is 52.3 Å². The van der Waals surface area contributed by atoms with Crippen LogP contribution in [0.4, 0.5) is 17.6 Å². The first kappa shape index (κ1) is 24.6. The van der Waals surface area contributed by atoms with Gasteiger partial charge in [0, 0.05) is 25.2 Å². The molecule has 1 aliphatic heterocycles. The van der Waals surface area contributed by atoms with E-state index in [2.05, 4.69) is 15.6 Å². The molecular formula is C24H25F4N5O2. The van der Waals surface area contributed by atoms with Crippen LogP contribution < -0.4 is 10.6 Å². The molecule has 3 aromatic rings. The van der Waals surface area contributed by atoms with Crippen LogP contribution in [0.25, 0.3) is 5.52 Å². The summed E-state index contributed by atoms with van der Waals surface area (Å²) in [5, 5.41) is 4.92. The van der Waals surface area contributed by atoms with Crippen LogP contribution in [-0.2, 0) is 4.79 Å². The molecule has 1 aliphatic rings. The van der Waals surface area contributed by atoms with Crippen LogP contribution in [0.1, 0.15) is 35.2 Å². The van der Waals surface area contributed by atoms with Gasteiger partial charge in [-0.3, -0.25) is 14.9 Å². The lowest BCUT2D eigenvalue weighted by atomic mass is 9.85. The Hall–Kier alpha value is -3.47. The molecule has 2 aromatic heterocycles. The molecule has 2 N–H and O–H groups in total. The molecule has 4 rings (SSSR count). The van der Waals surface area contributed by atoms with Crippen molar-refractivity contribution in [1.29, 1.82) is 0 Å². The van der Waals surface area contributed by atoms with Crippen molar-refractivity contribution in [3.05, 3.63) is 72.1 Å². The van der Waals surface area contributed by atoms with Gasteiger partial charge in [-0.2, -0.15) is 13.2 Å². The summed E-state index contributed by atoms with van der Waals surface area (Å²) in [7, 11) is 0. The minimum absolute atomic E-state index is 0.121. The van der Waals surface area contributed by atoms with E-state index in [0.717, 1.165) is 6.92 Å². The number of hydrogen-bond acceptors (Lipinski definition) is 4. The minimum atomic E-state index is -4.48. The number of halogens is 4. The molecular weight excluding hydrogens is 466 g/mol. The SMILES string of the molecule is CC(NCC(=O)N[C@@H]1CN(C(=O)c2cccn3cncc23)CC[C@H]1c1cccc(F)c1)C(F)(F)F. The summed E-state index contributed by atoms with van der Waals surface area (Å²) < 4.78 is 54.0. The number of carbonyl (C=O) groups excluding carboxylic acids is 2. The fourth-order valence-electron chi connectivity index (χ4n) is 4.34. The quantitative estimate of drug-likeness (QED) is 0.520. The molecule has 3 atom stereocenters. The predicted octanol–water partition coefficient (Wildman–Crippen LogP) is 3.13. The molecule has 0 saturated carbocycles. The summed E-state index contributed by atoms with van der Waals surface area (Å²) >= 11 is 0. The van der Waals surface area contributed by atoms with E-state index < -0.39 is 36.5 Å². The van der Waals surface area contributed by atoms with Crippen molar-refractivity contribution in [3.8, 4) is 0 Å². The van der Waals surface area contributed by atoms with Crippen molar-refractivity contribution in [2.24, 2.45) is 0 Å². The predicted molar refractivity (Wildman–Crippen MR) is 120 cm³/mol. The number of aromatic nitrogens is 2. The number of nitrogens with zero attached hydrogens (tertiary/aromatic N) is 3. The van der Waals surface area contributed by atoms with Gasteiger partial charge in [-0.15, -0.1) is 0 Å². The first-order valence-electron chi connectivity index (χ1n) is 11.2. The largest absolute Gasteiger partial charge is 0.403 e. The van der Waals surface area contributed by atoms with Gasteiger partial charge in [0.25, 0.3) is 5.91 Å². The van der Waals surface area contributed by atoms with Gasteiger partial charge in [-0.25, -0.2) is 9.37 Å². The van der Waals surface area contributed by atoms with Crippen LogP contribution >= 0.6 is 0 Å². The molecule has 0 aliphatic carbocycles. The summed E-state index contributed by atoms with van der Waals surface area (Å²) in [6, 6.07) is 6.93. The highest BCUT2D eigenvalue weighted by atomic mass is 19.4. The van der Waals surface area contributed by atoms with Crippen LogP contribution in [0.3, 0.4) is 0 Å². The molecule has 11 heteroatoms. The number of carbonyl (C=O) groups is 2. The second-order valence-electron chi connectivity index (χ2n) is 8.63. The minimum Gasteiger partial charge on any atom is -0.350 e. The molecule has 7 nitrogen and oxygen atoms in total. The molecule has 0 spiro atoms. The van der Waals surface area contributed by atoms with Crippen LogP contribution in [0.5, 0.6) is 0 Å².